The van der Waals surface area contributed by atoms with Crippen LogP contribution in [-0.4, -0.2) is 26.0 Å². The van der Waals surface area contributed by atoms with E-state index in [1.54, 1.807) is 0 Å². The van der Waals surface area contributed by atoms with Crippen LogP contribution in [0.25, 0.3) is 0 Å². The van der Waals surface area contributed by atoms with Crippen LogP contribution in [0.15, 0.2) is 0 Å². The molecule has 0 aromatic carbocycles. The van der Waals surface area contributed by atoms with Crippen LogP contribution in [0, 0.1) is 0 Å². The van der Waals surface area contributed by atoms with Crippen LogP contribution in [0.4, 0.5) is 0 Å². The zero-order valence-corrected chi connectivity index (χ0v) is 8.33. The molecule has 0 saturated carbocycles. The molecule has 0 unspecified atom stereocenters. The lowest BCUT2D eigenvalue weighted by molar-refractivity contribution is 0.583. The highest BCUT2D eigenvalue weighted by Gasteiger charge is 2.05. The molecule has 0 heterocycles. The smallest absolute Gasteiger partial charge is 0.211 e. The number of rotatable bonds is 5. The molecule has 0 spiro atoms. The van der Waals surface area contributed by atoms with Crippen molar-refractivity contribution in [2.45, 2.75) is 13.3 Å². The summed E-state index contributed by atoms with van der Waals surface area (Å²) in [4.78, 5) is 0. The summed E-state index contributed by atoms with van der Waals surface area (Å²) in [6.07, 6.45) is 0.664. The van der Waals surface area contributed by atoms with Crippen LogP contribution >= 0.6 is 15.9 Å². The molecule has 10 heavy (non-hydrogen) atoms. The number of sulfonamides is 1. The van der Waals surface area contributed by atoms with Gasteiger partial charge in [-0.1, -0.05) is 22.9 Å². The molecule has 3 nitrogen and oxygen atoms in total. The van der Waals surface area contributed by atoms with Crippen molar-refractivity contribution in [1.29, 1.82) is 0 Å². The Morgan fingerprint density at radius 1 is 1.50 bits per heavy atom. The molecule has 0 saturated heterocycles. The maximum Gasteiger partial charge on any atom is 0.211 e. The summed E-state index contributed by atoms with van der Waals surface area (Å²) in [5.74, 6) is 0.222. The Balaban J connectivity index is 3.65. The minimum atomic E-state index is -2.97. The molecule has 0 aromatic rings. The molecule has 5 heteroatoms. The number of hydrogen-bond acceptors (Lipinski definition) is 2. The maximum absolute atomic E-state index is 10.9. The van der Waals surface area contributed by atoms with Gasteiger partial charge in [0.05, 0.1) is 5.75 Å². The van der Waals surface area contributed by atoms with Gasteiger partial charge in [0.2, 0.25) is 10.0 Å². The van der Waals surface area contributed by atoms with Gasteiger partial charge in [0.25, 0.3) is 0 Å². The number of alkyl halides is 1. The average Bonchev–Trinajstić information content (AvgIpc) is 1.84. The molecule has 0 aliphatic carbocycles. The Morgan fingerprint density at radius 2 is 2.10 bits per heavy atom. The van der Waals surface area contributed by atoms with E-state index in [4.69, 9.17) is 0 Å². The third-order valence-corrected chi connectivity index (χ3v) is 2.88. The topological polar surface area (TPSA) is 46.2 Å². The van der Waals surface area contributed by atoms with Gasteiger partial charge in [-0.3, -0.25) is 0 Å². The van der Waals surface area contributed by atoms with E-state index in [9.17, 15) is 8.42 Å². The Hall–Kier alpha value is 0.390. The van der Waals surface area contributed by atoms with Crippen molar-refractivity contribution in [3.05, 3.63) is 0 Å². The van der Waals surface area contributed by atoms with Crippen LogP contribution < -0.4 is 4.72 Å². The predicted octanol–water partition coefficient (Wildman–Crippen LogP) is 0.711. The first-order chi connectivity index (χ1) is 4.62. The van der Waals surface area contributed by atoms with Crippen molar-refractivity contribution in [2.75, 3.05) is 17.6 Å². The molecular formula is C5H12BrNO2S. The van der Waals surface area contributed by atoms with Crippen molar-refractivity contribution in [2.24, 2.45) is 0 Å². The largest absolute Gasteiger partial charge is 0.214 e. The monoisotopic (exact) mass is 229 g/mol. The summed E-state index contributed by atoms with van der Waals surface area (Å²) in [5.41, 5.74) is 0. The third-order valence-electron chi connectivity index (χ3n) is 0.889. The minimum Gasteiger partial charge on any atom is -0.214 e. The van der Waals surface area contributed by atoms with Crippen molar-refractivity contribution in [3.63, 3.8) is 0 Å². The highest BCUT2D eigenvalue weighted by Crippen LogP contribution is 1.87. The molecule has 1 N–H and O–H groups in total. The number of halogens is 1. The predicted molar refractivity (Wildman–Crippen MR) is 45.9 cm³/mol. The van der Waals surface area contributed by atoms with Crippen LogP contribution in [0.1, 0.15) is 13.3 Å². The van der Waals surface area contributed by atoms with Crippen LogP contribution in [0.3, 0.4) is 0 Å². The molecule has 0 amide bonds. The van der Waals surface area contributed by atoms with Gasteiger partial charge in [0.15, 0.2) is 0 Å². The summed E-state index contributed by atoms with van der Waals surface area (Å²) in [7, 11) is -2.97. The highest BCUT2D eigenvalue weighted by atomic mass is 79.9. The van der Waals surface area contributed by atoms with Gasteiger partial charge in [0, 0.05) is 11.9 Å². The lowest BCUT2D eigenvalue weighted by atomic mass is 10.6. The molecule has 62 valence electrons. The molecule has 0 atom stereocenters. The molecule has 0 radical (unpaired) electrons. The molecule has 0 aromatic heterocycles. The molecule has 0 fully saturated rings. The van der Waals surface area contributed by atoms with Gasteiger partial charge in [-0.05, 0) is 6.42 Å². The van der Waals surface area contributed by atoms with Crippen LogP contribution in [-0.2, 0) is 10.0 Å². The molecule has 0 rings (SSSR count). The van der Waals surface area contributed by atoms with E-state index in [1.807, 2.05) is 6.92 Å². The van der Waals surface area contributed by atoms with Gasteiger partial charge < -0.3 is 0 Å². The lowest BCUT2D eigenvalue weighted by Gasteiger charge is -2.01. The van der Waals surface area contributed by atoms with E-state index in [0.29, 0.717) is 18.3 Å². The molecule has 0 aliphatic heterocycles. The zero-order chi connectivity index (χ0) is 8.04. The van der Waals surface area contributed by atoms with Crippen molar-refractivity contribution in [1.82, 2.24) is 4.72 Å². The zero-order valence-electron chi connectivity index (χ0n) is 5.93. The van der Waals surface area contributed by atoms with Crippen LogP contribution in [0.2, 0.25) is 0 Å². The maximum atomic E-state index is 10.9. The first-order valence-electron chi connectivity index (χ1n) is 3.15. The molecule has 0 bridgehead atoms. The van der Waals surface area contributed by atoms with Crippen molar-refractivity contribution >= 4 is 26.0 Å². The Bertz CT molecular complexity index is 166. The average molecular weight is 230 g/mol. The van der Waals surface area contributed by atoms with E-state index in [1.165, 1.54) is 0 Å². The van der Waals surface area contributed by atoms with Gasteiger partial charge in [-0.2, -0.15) is 0 Å². The second-order valence-corrected chi connectivity index (χ2v) is 4.62. The summed E-state index contributed by atoms with van der Waals surface area (Å²) < 4.78 is 24.1. The summed E-state index contributed by atoms with van der Waals surface area (Å²) in [6.45, 7) is 2.32. The van der Waals surface area contributed by atoms with Gasteiger partial charge in [-0.25, -0.2) is 13.1 Å². The Labute approximate surface area is 70.4 Å². The SMILES string of the molecule is CCCS(=O)(=O)NCCBr. The molecular weight excluding hydrogens is 218 g/mol. The standard InChI is InChI=1S/C5H12BrNO2S/c1-2-5-10(8,9)7-4-3-6/h7H,2-5H2,1H3. The fraction of sp³-hybridized carbons (Fsp3) is 1.00. The van der Waals surface area contributed by atoms with E-state index >= 15 is 0 Å². The van der Waals surface area contributed by atoms with E-state index in [2.05, 4.69) is 20.7 Å². The lowest BCUT2D eigenvalue weighted by Crippen LogP contribution is -2.27. The quantitative estimate of drug-likeness (QED) is 0.707. The van der Waals surface area contributed by atoms with E-state index in [0.717, 1.165) is 0 Å². The second kappa shape index (κ2) is 5.09. The third kappa shape index (κ3) is 5.20. The summed E-state index contributed by atoms with van der Waals surface area (Å²) >= 11 is 3.13. The van der Waals surface area contributed by atoms with Crippen LogP contribution in [0.5, 0.6) is 0 Å². The van der Waals surface area contributed by atoms with E-state index < -0.39 is 10.0 Å². The highest BCUT2D eigenvalue weighted by molar-refractivity contribution is 9.09. The van der Waals surface area contributed by atoms with Gasteiger partial charge in [-0.15, -0.1) is 0 Å². The normalized spacial score (nSPS) is 11.8. The Morgan fingerprint density at radius 3 is 2.50 bits per heavy atom. The van der Waals surface area contributed by atoms with E-state index in [-0.39, 0.29) is 5.75 Å². The van der Waals surface area contributed by atoms with Crippen molar-refractivity contribution < 1.29 is 8.42 Å². The summed E-state index contributed by atoms with van der Waals surface area (Å²) in [5, 5.41) is 0.663. The van der Waals surface area contributed by atoms with Crippen molar-refractivity contribution in [3.8, 4) is 0 Å². The number of hydrogen-bond donors (Lipinski definition) is 1. The van der Waals surface area contributed by atoms with Gasteiger partial charge >= 0.3 is 0 Å². The fourth-order valence-corrected chi connectivity index (χ4v) is 2.09. The minimum absolute atomic E-state index is 0.222. The number of nitrogens with one attached hydrogen (secondary N) is 1. The fourth-order valence-electron chi connectivity index (χ4n) is 0.535. The first-order valence-corrected chi connectivity index (χ1v) is 5.93. The molecule has 0 aliphatic rings. The second-order valence-electron chi connectivity index (χ2n) is 1.90. The first kappa shape index (κ1) is 10.4. The summed E-state index contributed by atoms with van der Waals surface area (Å²) in [6, 6.07) is 0. The Kier molecular flexibility index (Phi) is 5.29. The van der Waals surface area contributed by atoms with Gasteiger partial charge in [0.1, 0.15) is 0 Å².